The second-order valence-corrected chi connectivity index (χ2v) is 7.69. The second-order valence-electron chi connectivity index (χ2n) is 6.69. The van der Waals surface area contributed by atoms with Crippen molar-refractivity contribution in [3.63, 3.8) is 0 Å². The Labute approximate surface area is 129 Å². The van der Waals surface area contributed by atoms with Gasteiger partial charge in [-0.3, -0.25) is 9.48 Å². The lowest BCUT2D eigenvalue weighted by Gasteiger charge is -2.35. The van der Waals surface area contributed by atoms with Gasteiger partial charge in [0.1, 0.15) is 9.71 Å². The van der Waals surface area contributed by atoms with Gasteiger partial charge >= 0.3 is 0 Å². The van der Waals surface area contributed by atoms with Crippen molar-refractivity contribution in [1.82, 2.24) is 14.7 Å². The molecule has 6 heteroatoms. The molecule has 0 aliphatic rings. The zero-order valence-electron chi connectivity index (χ0n) is 13.8. The zero-order chi connectivity index (χ0) is 16.1. The van der Waals surface area contributed by atoms with E-state index in [1.165, 1.54) is 11.3 Å². The van der Waals surface area contributed by atoms with E-state index in [2.05, 4.69) is 32.8 Å². The van der Waals surface area contributed by atoms with Gasteiger partial charge in [0.2, 0.25) is 0 Å². The molecule has 0 saturated heterocycles. The number of amides is 1. The van der Waals surface area contributed by atoms with Crippen LogP contribution < -0.4 is 5.73 Å². The number of aryl methyl sites for hydroxylation is 2. The molecule has 0 saturated carbocycles. The summed E-state index contributed by atoms with van der Waals surface area (Å²) in [6, 6.07) is 0.119. The Morgan fingerprint density at radius 2 is 2.00 bits per heavy atom. The van der Waals surface area contributed by atoms with Gasteiger partial charge in [0, 0.05) is 20.1 Å². The highest BCUT2D eigenvalue weighted by Crippen LogP contribution is 2.37. The molecule has 1 unspecified atom stereocenters. The smallest absolute Gasteiger partial charge is 0.266 e. The summed E-state index contributed by atoms with van der Waals surface area (Å²) in [6.07, 6.45) is 0. The molecule has 0 aliphatic heterocycles. The first-order valence-electron chi connectivity index (χ1n) is 7.04. The molecule has 2 aromatic rings. The highest BCUT2D eigenvalue weighted by molar-refractivity contribution is 7.21. The third kappa shape index (κ3) is 2.52. The number of thiophene rings is 1. The Hall–Kier alpha value is -1.56. The van der Waals surface area contributed by atoms with E-state index in [1.54, 1.807) is 9.58 Å². The lowest BCUT2D eigenvalue weighted by atomic mass is 9.87. The molecule has 0 spiro atoms. The minimum Gasteiger partial charge on any atom is -0.397 e. The van der Waals surface area contributed by atoms with E-state index in [-0.39, 0.29) is 17.4 Å². The Kier molecular flexibility index (Phi) is 3.78. The van der Waals surface area contributed by atoms with Crippen molar-refractivity contribution < 1.29 is 4.79 Å². The Balaban J connectivity index is 2.45. The zero-order valence-corrected chi connectivity index (χ0v) is 14.6. The van der Waals surface area contributed by atoms with E-state index in [4.69, 9.17) is 5.73 Å². The minimum absolute atomic E-state index is 0.0180. The SMILES string of the molecule is Cc1nn(C)c2sc(C(=O)N(C)C(C)C(C)(C)C)c(N)c12. The summed E-state index contributed by atoms with van der Waals surface area (Å²) in [7, 11) is 3.72. The molecule has 0 fully saturated rings. The fraction of sp³-hybridized carbons (Fsp3) is 0.600. The number of nitrogens with zero attached hydrogens (tertiary/aromatic N) is 3. The monoisotopic (exact) mass is 308 g/mol. The van der Waals surface area contributed by atoms with E-state index in [1.807, 2.05) is 21.0 Å². The third-order valence-electron chi connectivity index (χ3n) is 4.23. The first-order valence-corrected chi connectivity index (χ1v) is 7.86. The van der Waals surface area contributed by atoms with Gasteiger partial charge in [-0.15, -0.1) is 11.3 Å². The standard InChI is InChI=1S/C15H24N4OS/c1-8-10-11(16)12(21-14(10)19(7)17-8)13(20)18(6)9(2)15(3,4)5/h9H,16H2,1-7H3. The molecule has 1 amide bonds. The highest BCUT2D eigenvalue weighted by Gasteiger charge is 2.30. The van der Waals surface area contributed by atoms with Gasteiger partial charge in [-0.25, -0.2) is 0 Å². The molecule has 21 heavy (non-hydrogen) atoms. The number of aromatic nitrogens is 2. The van der Waals surface area contributed by atoms with Gasteiger partial charge in [0.25, 0.3) is 5.91 Å². The van der Waals surface area contributed by atoms with E-state index in [9.17, 15) is 4.79 Å². The molecule has 2 N–H and O–H groups in total. The van der Waals surface area contributed by atoms with Gasteiger partial charge in [-0.05, 0) is 19.3 Å². The molecule has 0 aliphatic carbocycles. The highest BCUT2D eigenvalue weighted by atomic mass is 32.1. The number of fused-ring (bicyclic) bond motifs is 1. The maximum absolute atomic E-state index is 12.8. The van der Waals surface area contributed by atoms with Crippen molar-refractivity contribution in [2.24, 2.45) is 12.5 Å². The molecule has 1 atom stereocenters. The van der Waals surface area contributed by atoms with E-state index in [0.717, 1.165) is 15.9 Å². The maximum Gasteiger partial charge on any atom is 0.266 e. The minimum atomic E-state index is -0.0180. The molecule has 5 nitrogen and oxygen atoms in total. The van der Waals surface area contributed by atoms with Crippen molar-refractivity contribution in [2.45, 2.75) is 40.7 Å². The molecule has 2 heterocycles. The Morgan fingerprint density at radius 1 is 1.43 bits per heavy atom. The van der Waals surface area contributed by atoms with Crippen molar-refractivity contribution in [2.75, 3.05) is 12.8 Å². The number of carbonyl (C=O) groups is 1. The predicted octanol–water partition coefficient (Wildman–Crippen LogP) is 3.03. The number of rotatable bonds is 2. The topological polar surface area (TPSA) is 64.2 Å². The number of hydrogen-bond acceptors (Lipinski definition) is 4. The largest absolute Gasteiger partial charge is 0.397 e. The van der Waals surface area contributed by atoms with Crippen molar-refractivity contribution >= 4 is 33.1 Å². The Morgan fingerprint density at radius 3 is 2.48 bits per heavy atom. The Bertz CT molecular complexity index is 693. The van der Waals surface area contributed by atoms with Gasteiger partial charge < -0.3 is 10.6 Å². The van der Waals surface area contributed by atoms with Crippen molar-refractivity contribution in [1.29, 1.82) is 0 Å². The third-order valence-corrected chi connectivity index (χ3v) is 5.49. The molecular weight excluding hydrogens is 284 g/mol. The van der Waals surface area contributed by atoms with Crippen LogP contribution in [0.2, 0.25) is 0 Å². The van der Waals surface area contributed by atoms with E-state index >= 15 is 0 Å². The van der Waals surface area contributed by atoms with Crippen LogP contribution in [0.3, 0.4) is 0 Å². The summed E-state index contributed by atoms with van der Waals surface area (Å²) in [5, 5.41) is 5.26. The maximum atomic E-state index is 12.8. The summed E-state index contributed by atoms with van der Waals surface area (Å²) in [4.78, 5) is 16.1. The molecule has 0 aromatic carbocycles. The average Bonchev–Trinajstić information content (AvgIpc) is 2.85. The summed E-state index contributed by atoms with van der Waals surface area (Å²) >= 11 is 1.42. The van der Waals surface area contributed by atoms with Crippen LogP contribution >= 0.6 is 11.3 Å². The molecule has 2 aromatic heterocycles. The number of nitrogens with two attached hydrogens (primary N) is 1. The van der Waals surface area contributed by atoms with Gasteiger partial charge in [0.15, 0.2) is 0 Å². The van der Waals surface area contributed by atoms with Crippen LogP contribution in [0.5, 0.6) is 0 Å². The van der Waals surface area contributed by atoms with Gasteiger partial charge in [0.05, 0.1) is 16.8 Å². The van der Waals surface area contributed by atoms with Crippen LogP contribution in [-0.4, -0.2) is 33.7 Å². The average molecular weight is 308 g/mol. The first kappa shape index (κ1) is 15.8. The lowest BCUT2D eigenvalue weighted by Crippen LogP contribution is -2.42. The summed E-state index contributed by atoms with van der Waals surface area (Å²) < 4.78 is 1.79. The molecular formula is C15H24N4OS. The van der Waals surface area contributed by atoms with Crippen LogP contribution in [0.15, 0.2) is 0 Å². The van der Waals surface area contributed by atoms with Gasteiger partial charge in [-0.2, -0.15) is 5.10 Å². The molecule has 0 radical (unpaired) electrons. The van der Waals surface area contributed by atoms with Crippen molar-refractivity contribution in [3.8, 4) is 0 Å². The summed E-state index contributed by atoms with van der Waals surface area (Å²) in [5.41, 5.74) is 7.65. The predicted molar refractivity (Wildman–Crippen MR) is 88.8 cm³/mol. The van der Waals surface area contributed by atoms with Crippen LogP contribution in [0.25, 0.3) is 10.2 Å². The summed E-state index contributed by atoms with van der Waals surface area (Å²) in [6.45, 7) is 10.4. The first-order chi connectivity index (χ1) is 9.55. The quantitative estimate of drug-likeness (QED) is 0.927. The van der Waals surface area contributed by atoms with E-state index < -0.39 is 0 Å². The lowest BCUT2D eigenvalue weighted by molar-refractivity contribution is 0.0635. The second kappa shape index (κ2) is 5.02. The molecule has 2 rings (SSSR count). The van der Waals surface area contributed by atoms with Gasteiger partial charge in [-0.1, -0.05) is 20.8 Å². The number of nitrogen functional groups attached to an aromatic ring is 1. The van der Waals surface area contributed by atoms with Crippen molar-refractivity contribution in [3.05, 3.63) is 10.6 Å². The van der Waals surface area contributed by atoms with Crippen LogP contribution in [0.4, 0.5) is 5.69 Å². The normalized spacial score (nSPS) is 13.7. The number of anilines is 1. The fourth-order valence-corrected chi connectivity index (χ4v) is 3.57. The fourth-order valence-electron chi connectivity index (χ4n) is 2.41. The number of hydrogen-bond donors (Lipinski definition) is 1. The van der Waals surface area contributed by atoms with Crippen LogP contribution in [0.1, 0.15) is 43.1 Å². The molecule has 0 bridgehead atoms. The van der Waals surface area contributed by atoms with Crippen LogP contribution in [-0.2, 0) is 7.05 Å². The van der Waals surface area contributed by atoms with Crippen LogP contribution in [0, 0.1) is 12.3 Å². The number of carbonyl (C=O) groups excluding carboxylic acids is 1. The van der Waals surface area contributed by atoms with E-state index in [0.29, 0.717) is 10.6 Å². The summed E-state index contributed by atoms with van der Waals surface area (Å²) in [5.74, 6) is -0.0180. The molecule has 116 valence electrons.